The number of nitro benzene ring substituents is 1. The van der Waals surface area contributed by atoms with Gasteiger partial charge in [-0.15, -0.1) is 0 Å². The number of carbonyl (C=O) groups excluding carboxylic acids is 2. The first-order valence-electron chi connectivity index (χ1n) is 7.10. The van der Waals surface area contributed by atoms with Gasteiger partial charge in [0, 0.05) is 18.2 Å². The van der Waals surface area contributed by atoms with Gasteiger partial charge in [-0.25, -0.2) is 0 Å². The second-order valence-electron chi connectivity index (χ2n) is 4.88. The molecule has 2 aromatic rings. The normalized spacial score (nSPS) is 10.3. The SMILES string of the molecule is O=C(/C=C/c1ccc([N+](=O)[O-])cc1)NNC(=O)Cc1ccccc1. The molecule has 0 saturated carbocycles. The molecule has 24 heavy (non-hydrogen) atoms. The average molecular weight is 325 g/mol. The molecule has 0 radical (unpaired) electrons. The predicted molar refractivity (Wildman–Crippen MR) is 88.6 cm³/mol. The molecule has 0 saturated heterocycles. The number of nitro groups is 1. The van der Waals surface area contributed by atoms with Gasteiger partial charge in [0.05, 0.1) is 11.3 Å². The third-order valence-corrected chi connectivity index (χ3v) is 3.06. The largest absolute Gasteiger partial charge is 0.273 e. The van der Waals surface area contributed by atoms with Gasteiger partial charge < -0.3 is 0 Å². The van der Waals surface area contributed by atoms with Gasteiger partial charge in [-0.1, -0.05) is 30.3 Å². The van der Waals surface area contributed by atoms with E-state index in [4.69, 9.17) is 0 Å². The van der Waals surface area contributed by atoms with Crippen molar-refractivity contribution in [1.82, 2.24) is 10.9 Å². The van der Waals surface area contributed by atoms with Crippen LogP contribution in [-0.4, -0.2) is 16.7 Å². The van der Waals surface area contributed by atoms with E-state index in [1.807, 2.05) is 30.3 Å². The highest BCUT2D eigenvalue weighted by molar-refractivity contribution is 5.93. The molecular weight excluding hydrogens is 310 g/mol. The molecule has 0 fully saturated rings. The van der Waals surface area contributed by atoms with E-state index in [9.17, 15) is 19.7 Å². The van der Waals surface area contributed by atoms with Crippen LogP contribution in [0.4, 0.5) is 5.69 Å². The first-order chi connectivity index (χ1) is 11.5. The molecule has 0 spiro atoms. The van der Waals surface area contributed by atoms with E-state index >= 15 is 0 Å². The molecule has 0 aliphatic carbocycles. The lowest BCUT2D eigenvalue weighted by atomic mass is 10.1. The van der Waals surface area contributed by atoms with Crippen molar-refractivity contribution in [3.8, 4) is 0 Å². The molecule has 2 amide bonds. The summed E-state index contributed by atoms with van der Waals surface area (Å²) in [5.41, 5.74) is 6.03. The number of rotatable bonds is 5. The first kappa shape index (κ1) is 16.9. The average Bonchev–Trinajstić information content (AvgIpc) is 2.59. The molecule has 2 N–H and O–H groups in total. The molecule has 0 atom stereocenters. The van der Waals surface area contributed by atoms with Crippen molar-refractivity contribution in [2.24, 2.45) is 0 Å². The van der Waals surface area contributed by atoms with Crippen LogP contribution in [0.5, 0.6) is 0 Å². The zero-order chi connectivity index (χ0) is 17.4. The Balaban J connectivity index is 1.80. The molecule has 2 aromatic carbocycles. The summed E-state index contributed by atoms with van der Waals surface area (Å²) in [5, 5.41) is 10.5. The molecule has 7 heteroatoms. The number of hydrogen-bond donors (Lipinski definition) is 2. The van der Waals surface area contributed by atoms with Gasteiger partial charge in [0.1, 0.15) is 0 Å². The topological polar surface area (TPSA) is 101 Å². The van der Waals surface area contributed by atoms with Crippen molar-refractivity contribution in [3.05, 3.63) is 81.9 Å². The maximum atomic E-state index is 11.7. The molecule has 0 aromatic heterocycles. The summed E-state index contributed by atoms with van der Waals surface area (Å²) in [6.07, 6.45) is 2.87. The van der Waals surface area contributed by atoms with Crippen molar-refractivity contribution < 1.29 is 14.5 Å². The van der Waals surface area contributed by atoms with Gasteiger partial charge in [0.15, 0.2) is 0 Å². The summed E-state index contributed by atoms with van der Waals surface area (Å²) in [4.78, 5) is 33.4. The van der Waals surface area contributed by atoms with E-state index in [1.165, 1.54) is 36.4 Å². The van der Waals surface area contributed by atoms with Crippen molar-refractivity contribution in [1.29, 1.82) is 0 Å². The third kappa shape index (κ3) is 5.38. The van der Waals surface area contributed by atoms with Crippen molar-refractivity contribution in [2.45, 2.75) is 6.42 Å². The van der Waals surface area contributed by atoms with E-state index in [0.717, 1.165) is 5.56 Å². The lowest BCUT2D eigenvalue weighted by Crippen LogP contribution is -2.41. The standard InChI is InChI=1S/C17H15N3O4/c21-16(11-8-13-6-9-15(10-7-13)20(23)24)18-19-17(22)12-14-4-2-1-3-5-14/h1-11H,12H2,(H,18,21)(H,19,22)/b11-8+. The summed E-state index contributed by atoms with van der Waals surface area (Å²) >= 11 is 0. The predicted octanol–water partition coefficient (Wildman–Crippen LogP) is 2.00. The molecule has 122 valence electrons. The molecule has 0 unspecified atom stereocenters. The van der Waals surface area contributed by atoms with Crippen LogP contribution in [0.2, 0.25) is 0 Å². The Kier molecular flexibility index (Phi) is 5.79. The highest BCUT2D eigenvalue weighted by Gasteiger charge is 2.04. The van der Waals surface area contributed by atoms with Crippen LogP contribution in [0.25, 0.3) is 6.08 Å². The summed E-state index contributed by atoms with van der Waals surface area (Å²) in [7, 11) is 0. The number of carbonyl (C=O) groups is 2. The van der Waals surface area contributed by atoms with Crippen LogP contribution in [0, 0.1) is 10.1 Å². The second-order valence-corrected chi connectivity index (χ2v) is 4.88. The van der Waals surface area contributed by atoms with Crippen molar-refractivity contribution >= 4 is 23.6 Å². The molecule has 0 bridgehead atoms. The Morgan fingerprint density at radius 2 is 1.67 bits per heavy atom. The van der Waals surface area contributed by atoms with E-state index in [-0.39, 0.29) is 18.0 Å². The minimum atomic E-state index is -0.505. The highest BCUT2D eigenvalue weighted by Crippen LogP contribution is 2.12. The van der Waals surface area contributed by atoms with E-state index in [1.54, 1.807) is 0 Å². The van der Waals surface area contributed by atoms with Gasteiger partial charge >= 0.3 is 0 Å². The fourth-order valence-corrected chi connectivity index (χ4v) is 1.88. The number of amides is 2. The van der Waals surface area contributed by atoms with Crippen LogP contribution in [0.15, 0.2) is 60.7 Å². The summed E-state index contributed by atoms with van der Waals surface area (Å²) < 4.78 is 0. The molecule has 7 nitrogen and oxygen atoms in total. The molecule has 2 rings (SSSR count). The van der Waals surface area contributed by atoms with Crippen LogP contribution in [-0.2, 0) is 16.0 Å². The van der Waals surface area contributed by atoms with Gasteiger partial charge in [-0.2, -0.15) is 0 Å². The van der Waals surface area contributed by atoms with E-state index in [2.05, 4.69) is 10.9 Å². The van der Waals surface area contributed by atoms with Crippen molar-refractivity contribution in [2.75, 3.05) is 0 Å². The molecule has 0 aliphatic heterocycles. The highest BCUT2D eigenvalue weighted by atomic mass is 16.6. The minimum absolute atomic E-state index is 0.0234. The number of benzene rings is 2. The maximum Gasteiger partial charge on any atom is 0.269 e. The summed E-state index contributed by atoms with van der Waals surface area (Å²) in [5.74, 6) is -0.840. The van der Waals surface area contributed by atoms with Crippen LogP contribution in [0.1, 0.15) is 11.1 Å². The third-order valence-electron chi connectivity index (χ3n) is 3.06. The van der Waals surface area contributed by atoms with E-state index in [0.29, 0.717) is 5.56 Å². The number of nitrogens with one attached hydrogen (secondary N) is 2. The van der Waals surface area contributed by atoms with Crippen molar-refractivity contribution in [3.63, 3.8) is 0 Å². The second kappa shape index (κ2) is 8.23. The molecule has 0 aliphatic rings. The Labute approximate surface area is 138 Å². The zero-order valence-electron chi connectivity index (χ0n) is 12.6. The molecule has 0 heterocycles. The molecular formula is C17H15N3O4. The van der Waals surface area contributed by atoms with Crippen LogP contribution >= 0.6 is 0 Å². The van der Waals surface area contributed by atoms with Crippen LogP contribution < -0.4 is 10.9 Å². The fraction of sp³-hybridized carbons (Fsp3) is 0.0588. The Morgan fingerprint density at radius 3 is 2.29 bits per heavy atom. The lowest BCUT2D eigenvalue weighted by Gasteiger charge is -2.05. The van der Waals surface area contributed by atoms with Gasteiger partial charge in [0.25, 0.3) is 11.6 Å². The fourth-order valence-electron chi connectivity index (χ4n) is 1.88. The van der Waals surface area contributed by atoms with Gasteiger partial charge in [0.2, 0.25) is 5.91 Å². The Bertz CT molecular complexity index is 755. The maximum absolute atomic E-state index is 11.7. The lowest BCUT2D eigenvalue weighted by molar-refractivity contribution is -0.384. The van der Waals surface area contributed by atoms with Crippen LogP contribution in [0.3, 0.4) is 0 Å². The Hall–Kier alpha value is -3.48. The van der Waals surface area contributed by atoms with Gasteiger partial charge in [-0.05, 0) is 29.3 Å². The monoisotopic (exact) mass is 325 g/mol. The number of nitrogens with zero attached hydrogens (tertiary/aromatic N) is 1. The first-order valence-corrected chi connectivity index (χ1v) is 7.10. The van der Waals surface area contributed by atoms with Gasteiger partial charge in [-0.3, -0.25) is 30.6 Å². The minimum Gasteiger partial charge on any atom is -0.273 e. The smallest absolute Gasteiger partial charge is 0.269 e. The zero-order valence-corrected chi connectivity index (χ0v) is 12.6. The van der Waals surface area contributed by atoms with E-state index < -0.39 is 10.8 Å². The Morgan fingerprint density at radius 1 is 1.00 bits per heavy atom. The number of hydrogen-bond acceptors (Lipinski definition) is 4. The number of hydrazine groups is 1. The number of non-ortho nitro benzene ring substituents is 1. The quantitative estimate of drug-likeness (QED) is 0.498. The summed E-state index contributed by atoms with van der Waals surface area (Å²) in [6, 6.07) is 14.9. The summed E-state index contributed by atoms with van der Waals surface area (Å²) in [6.45, 7) is 0.